The van der Waals surface area contributed by atoms with Crippen molar-refractivity contribution in [1.82, 2.24) is 25.9 Å². The molecule has 1 aromatic carbocycles. The lowest BCUT2D eigenvalue weighted by Crippen LogP contribution is -2.54. The Kier molecular flexibility index (Phi) is 5.85. The highest BCUT2D eigenvalue weighted by Crippen LogP contribution is 2.42. The average molecular weight is 477 g/mol. The zero-order valence-electron chi connectivity index (χ0n) is 18.8. The van der Waals surface area contributed by atoms with Gasteiger partial charge >= 0.3 is 6.18 Å². The summed E-state index contributed by atoms with van der Waals surface area (Å²) in [4.78, 5) is 13.4. The second-order valence-electron chi connectivity index (χ2n) is 9.02. The molecule has 2 aliphatic heterocycles. The van der Waals surface area contributed by atoms with Gasteiger partial charge in [-0.2, -0.15) is 13.2 Å². The molecule has 4 unspecified atom stereocenters. The second-order valence-corrected chi connectivity index (χ2v) is 9.02. The number of hydrazine groups is 1. The highest BCUT2D eigenvalue weighted by molar-refractivity contribution is 6.19. The van der Waals surface area contributed by atoms with E-state index in [1.54, 1.807) is 44.4 Å². The number of hydrogen-bond acceptors (Lipinski definition) is 7. The molecule has 1 saturated carbocycles. The second kappa shape index (κ2) is 8.70. The smallest absolute Gasteiger partial charge is 0.406 e. The lowest BCUT2D eigenvalue weighted by atomic mass is 9.87. The van der Waals surface area contributed by atoms with Crippen LogP contribution in [0, 0.1) is 0 Å². The summed E-state index contributed by atoms with van der Waals surface area (Å²) in [5.41, 5.74) is 3.33. The van der Waals surface area contributed by atoms with E-state index in [2.05, 4.69) is 20.9 Å². The molecular weight excluding hydrogens is 451 g/mol. The summed E-state index contributed by atoms with van der Waals surface area (Å²) < 4.78 is 53.2. The number of methoxy groups -OCH3 is 1. The van der Waals surface area contributed by atoms with E-state index in [9.17, 15) is 18.0 Å². The third-order valence-electron chi connectivity index (χ3n) is 6.93. The Bertz CT molecular complexity index is 1090. The SMILES string of the molecule is CO[C@@H]1CCCC(c2nnc(C3=C(C)NC4C(c5ccccc5)C(C(F)(F)F)NN4C3=O)o2)C1. The molecule has 2 fully saturated rings. The summed E-state index contributed by atoms with van der Waals surface area (Å²) >= 11 is 0. The predicted octanol–water partition coefficient (Wildman–Crippen LogP) is 3.46. The summed E-state index contributed by atoms with van der Waals surface area (Å²) in [5.74, 6) is -1.24. The van der Waals surface area contributed by atoms with Gasteiger partial charge in [-0.15, -0.1) is 10.2 Å². The van der Waals surface area contributed by atoms with Crippen LogP contribution in [0.1, 0.15) is 61.8 Å². The van der Waals surface area contributed by atoms with Crippen LogP contribution in [0.3, 0.4) is 0 Å². The van der Waals surface area contributed by atoms with Gasteiger partial charge in [0.2, 0.25) is 5.89 Å². The van der Waals surface area contributed by atoms with Crippen molar-refractivity contribution in [2.24, 2.45) is 0 Å². The number of ether oxygens (including phenoxy) is 1. The standard InChI is InChI=1S/C23H26F3N5O3/c1-12-16(21-29-28-20(34-21)14-9-6-10-15(11-14)33-2)22(32)31-19(27-12)17(13-7-4-3-5-8-13)18(30-31)23(24,25)26/h3-5,7-8,14-15,17-19,27,30H,6,9-11H2,1-2H3/t14?,15-,17?,18?,19?/m1/s1. The van der Waals surface area contributed by atoms with Crippen LogP contribution < -0.4 is 10.7 Å². The molecule has 1 aliphatic carbocycles. The maximum atomic E-state index is 14.0. The number of carbonyl (C=O) groups is 1. The molecule has 3 aliphatic rings. The molecule has 0 bridgehead atoms. The van der Waals surface area contributed by atoms with Crippen molar-refractivity contribution in [2.75, 3.05) is 7.11 Å². The molecule has 182 valence electrons. The maximum Gasteiger partial charge on any atom is 0.406 e. The van der Waals surface area contributed by atoms with Crippen molar-refractivity contribution in [3.8, 4) is 0 Å². The zero-order valence-corrected chi connectivity index (χ0v) is 18.8. The number of nitrogens with one attached hydrogen (secondary N) is 2. The van der Waals surface area contributed by atoms with E-state index < -0.39 is 30.2 Å². The minimum atomic E-state index is -4.57. The van der Waals surface area contributed by atoms with E-state index in [0.29, 0.717) is 17.2 Å². The Morgan fingerprint density at radius 3 is 2.65 bits per heavy atom. The topological polar surface area (TPSA) is 92.5 Å². The number of aromatic nitrogens is 2. The molecule has 2 aromatic rings. The van der Waals surface area contributed by atoms with Gasteiger partial charge in [-0.05, 0) is 31.7 Å². The first-order valence-corrected chi connectivity index (χ1v) is 11.3. The Hall–Kier alpha value is -2.92. The van der Waals surface area contributed by atoms with E-state index >= 15 is 0 Å². The van der Waals surface area contributed by atoms with Crippen molar-refractivity contribution >= 4 is 11.5 Å². The van der Waals surface area contributed by atoms with Crippen LogP contribution >= 0.6 is 0 Å². The van der Waals surface area contributed by atoms with E-state index in [4.69, 9.17) is 9.15 Å². The van der Waals surface area contributed by atoms with Crippen LogP contribution in [0.25, 0.3) is 5.57 Å². The number of hydrogen-bond donors (Lipinski definition) is 2. The van der Waals surface area contributed by atoms with Crippen molar-refractivity contribution in [3.05, 3.63) is 53.4 Å². The van der Waals surface area contributed by atoms with Crippen LogP contribution in [0.4, 0.5) is 13.2 Å². The molecule has 5 rings (SSSR count). The van der Waals surface area contributed by atoms with E-state index in [1.165, 1.54) is 0 Å². The average Bonchev–Trinajstić information content (AvgIpc) is 3.45. The van der Waals surface area contributed by atoms with Gasteiger partial charge < -0.3 is 14.5 Å². The minimum absolute atomic E-state index is 0.00323. The molecule has 34 heavy (non-hydrogen) atoms. The fourth-order valence-corrected chi connectivity index (χ4v) is 5.23. The van der Waals surface area contributed by atoms with Crippen LogP contribution in [0.2, 0.25) is 0 Å². The molecule has 0 spiro atoms. The highest BCUT2D eigenvalue weighted by atomic mass is 19.4. The van der Waals surface area contributed by atoms with Crippen molar-refractivity contribution in [2.45, 2.75) is 68.9 Å². The first-order chi connectivity index (χ1) is 16.3. The summed E-state index contributed by atoms with van der Waals surface area (Å²) in [5, 5.41) is 12.3. The largest absolute Gasteiger partial charge is 0.420 e. The predicted molar refractivity (Wildman–Crippen MR) is 115 cm³/mol. The Morgan fingerprint density at radius 1 is 1.18 bits per heavy atom. The van der Waals surface area contributed by atoms with Gasteiger partial charge in [0.05, 0.1) is 12.0 Å². The third kappa shape index (κ3) is 3.96. The van der Waals surface area contributed by atoms with Crippen LogP contribution in [-0.4, -0.2) is 52.7 Å². The van der Waals surface area contributed by atoms with Crippen molar-refractivity contribution in [1.29, 1.82) is 0 Å². The number of alkyl halides is 3. The fraction of sp³-hybridized carbons (Fsp3) is 0.522. The molecule has 8 nitrogen and oxygen atoms in total. The Labute approximate surface area is 194 Å². The lowest BCUT2D eigenvalue weighted by Gasteiger charge is -2.34. The number of nitrogens with zero attached hydrogens (tertiary/aromatic N) is 3. The molecule has 1 aromatic heterocycles. The number of amides is 1. The molecule has 11 heteroatoms. The van der Waals surface area contributed by atoms with Crippen LogP contribution in [0.15, 0.2) is 40.4 Å². The molecule has 1 amide bonds. The fourth-order valence-electron chi connectivity index (χ4n) is 5.23. The zero-order chi connectivity index (χ0) is 24.0. The summed E-state index contributed by atoms with van der Waals surface area (Å²) in [6.07, 6.45) is -1.85. The van der Waals surface area contributed by atoms with Gasteiger partial charge in [-0.1, -0.05) is 36.8 Å². The summed E-state index contributed by atoms with van der Waals surface area (Å²) in [7, 11) is 1.67. The summed E-state index contributed by atoms with van der Waals surface area (Å²) in [6, 6.07) is 6.44. The van der Waals surface area contributed by atoms with E-state index in [0.717, 1.165) is 30.7 Å². The maximum absolute atomic E-state index is 14.0. The number of benzene rings is 1. The number of fused-ring (bicyclic) bond motifs is 1. The van der Waals surface area contributed by atoms with Gasteiger partial charge in [0.1, 0.15) is 17.8 Å². The third-order valence-corrected chi connectivity index (χ3v) is 6.93. The first kappa shape index (κ1) is 22.9. The highest BCUT2D eigenvalue weighted by Gasteiger charge is 2.58. The van der Waals surface area contributed by atoms with E-state index in [-0.39, 0.29) is 23.5 Å². The molecule has 3 heterocycles. The Balaban J connectivity index is 1.45. The normalized spacial score (nSPS) is 29.9. The first-order valence-electron chi connectivity index (χ1n) is 11.3. The number of allylic oxidation sites excluding steroid dienone is 1. The molecule has 2 N–H and O–H groups in total. The van der Waals surface area contributed by atoms with Crippen LogP contribution in [-0.2, 0) is 9.53 Å². The number of halogens is 3. The van der Waals surface area contributed by atoms with Crippen LogP contribution in [0.5, 0.6) is 0 Å². The molecule has 0 radical (unpaired) electrons. The van der Waals surface area contributed by atoms with Gasteiger partial charge in [-0.25, -0.2) is 10.4 Å². The molecule has 5 atom stereocenters. The van der Waals surface area contributed by atoms with Gasteiger partial charge in [0, 0.05) is 18.7 Å². The molecular formula is C23H26F3N5O3. The van der Waals surface area contributed by atoms with Crippen molar-refractivity contribution in [3.63, 3.8) is 0 Å². The molecule has 1 saturated heterocycles. The monoisotopic (exact) mass is 477 g/mol. The van der Waals surface area contributed by atoms with E-state index in [1.807, 2.05) is 0 Å². The number of carbonyl (C=O) groups excluding carboxylic acids is 1. The number of rotatable bonds is 4. The Morgan fingerprint density at radius 2 is 1.94 bits per heavy atom. The van der Waals surface area contributed by atoms with Gasteiger partial charge in [-0.3, -0.25) is 4.79 Å². The van der Waals surface area contributed by atoms with Crippen molar-refractivity contribution < 1.29 is 27.1 Å². The van der Waals surface area contributed by atoms with Gasteiger partial charge in [0.25, 0.3) is 11.8 Å². The lowest BCUT2D eigenvalue weighted by molar-refractivity contribution is -0.161. The van der Waals surface area contributed by atoms with Gasteiger partial charge in [0.15, 0.2) is 0 Å². The quantitative estimate of drug-likeness (QED) is 0.697. The summed E-state index contributed by atoms with van der Waals surface area (Å²) in [6.45, 7) is 1.64. The minimum Gasteiger partial charge on any atom is -0.420 e.